The van der Waals surface area contributed by atoms with Crippen molar-refractivity contribution in [2.45, 2.75) is 51.8 Å². The average molecular weight is 180 g/mol. The van der Waals surface area contributed by atoms with Gasteiger partial charge >= 0.3 is 0 Å². The molecular weight excluding hydrogens is 158 g/mol. The first kappa shape index (κ1) is 13.8. The Hall–Kier alpha value is 0.250. The van der Waals surface area contributed by atoms with Crippen molar-refractivity contribution in [3.63, 3.8) is 0 Å². The maximum absolute atomic E-state index is 6.12. The molecule has 0 amide bonds. The summed E-state index contributed by atoms with van der Waals surface area (Å²) < 4.78 is 0. The summed E-state index contributed by atoms with van der Waals surface area (Å²) in [6.07, 6.45) is 3.83. The van der Waals surface area contributed by atoms with E-state index in [0.29, 0.717) is 5.92 Å². The summed E-state index contributed by atoms with van der Waals surface area (Å²) in [5.74, 6) is 0.633. The molecule has 0 radical (unpaired) electrons. The van der Waals surface area contributed by atoms with E-state index in [0.717, 1.165) is 0 Å². The van der Waals surface area contributed by atoms with Crippen LogP contribution in [0.1, 0.15) is 47.0 Å². The largest absolute Gasteiger partial charge is 0.344 e. The topological polar surface area (TPSA) is 35.0 Å². The van der Waals surface area contributed by atoms with Gasteiger partial charge in [0.05, 0.1) is 0 Å². The van der Waals surface area contributed by atoms with Gasteiger partial charge in [-0.25, -0.2) is 0 Å². The summed E-state index contributed by atoms with van der Waals surface area (Å²) in [6.45, 7) is 8.63. The number of alkyl halides is 1. The van der Waals surface area contributed by atoms with E-state index in [1.54, 1.807) is 0 Å². The Kier molecular flexibility index (Phi) is 7.34. The Morgan fingerprint density at radius 2 is 1.82 bits per heavy atom. The molecule has 0 aliphatic carbocycles. The number of halogens is 1. The smallest absolute Gasteiger partial charge is 0.0416 e. The van der Waals surface area contributed by atoms with Gasteiger partial charge < -0.3 is 6.15 Å². The molecule has 0 heterocycles. The Labute approximate surface area is 76.1 Å². The van der Waals surface area contributed by atoms with Crippen LogP contribution in [-0.2, 0) is 0 Å². The Bertz CT molecular complexity index is 86.1. The Balaban J connectivity index is 0. The number of hydrogen-bond acceptors (Lipinski definition) is 1. The van der Waals surface area contributed by atoms with E-state index in [9.17, 15) is 0 Å². The predicted molar refractivity (Wildman–Crippen MR) is 53.6 cm³/mol. The lowest BCUT2D eigenvalue weighted by Crippen LogP contribution is -2.21. The Morgan fingerprint density at radius 1 is 1.36 bits per heavy atom. The molecule has 70 valence electrons. The monoisotopic (exact) mass is 179 g/mol. The van der Waals surface area contributed by atoms with Crippen molar-refractivity contribution in [2.24, 2.45) is 5.92 Å². The van der Waals surface area contributed by atoms with Gasteiger partial charge in [-0.15, -0.1) is 11.6 Å². The standard InChI is InChI=1S/C9H19Cl.H3N/c1-5-6-7-8(2)9(3,4)10;/h8H,5-7H2,1-4H3;1H3. The SMILES string of the molecule is CCCCC(C)C(C)(C)Cl.N. The van der Waals surface area contributed by atoms with Crippen molar-refractivity contribution in [2.75, 3.05) is 0 Å². The maximum Gasteiger partial charge on any atom is 0.0416 e. The van der Waals surface area contributed by atoms with Gasteiger partial charge in [0.25, 0.3) is 0 Å². The van der Waals surface area contributed by atoms with Crippen LogP contribution in [0.5, 0.6) is 0 Å². The third kappa shape index (κ3) is 6.64. The lowest BCUT2D eigenvalue weighted by molar-refractivity contribution is 0.409. The molecule has 0 rings (SSSR count). The number of unbranched alkanes of at least 4 members (excludes halogenated alkanes) is 1. The van der Waals surface area contributed by atoms with Crippen molar-refractivity contribution in [1.82, 2.24) is 6.15 Å². The molecule has 0 aromatic heterocycles. The van der Waals surface area contributed by atoms with Crippen LogP contribution < -0.4 is 6.15 Å². The molecule has 0 bridgehead atoms. The predicted octanol–water partition coefficient (Wildman–Crippen LogP) is 3.99. The minimum absolute atomic E-state index is 0. The molecule has 1 unspecified atom stereocenters. The van der Waals surface area contributed by atoms with Crippen molar-refractivity contribution < 1.29 is 0 Å². The quantitative estimate of drug-likeness (QED) is 0.651. The van der Waals surface area contributed by atoms with Crippen molar-refractivity contribution in [3.8, 4) is 0 Å². The number of hydrogen-bond donors (Lipinski definition) is 1. The van der Waals surface area contributed by atoms with Gasteiger partial charge in [-0.05, 0) is 26.2 Å². The second-order valence-corrected chi connectivity index (χ2v) is 4.58. The van der Waals surface area contributed by atoms with Crippen LogP contribution in [0, 0.1) is 5.92 Å². The normalized spacial score (nSPS) is 13.9. The van der Waals surface area contributed by atoms with Crippen molar-refractivity contribution in [1.29, 1.82) is 0 Å². The van der Waals surface area contributed by atoms with Crippen LogP contribution in [0.4, 0.5) is 0 Å². The first-order chi connectivity index (χ1) is 4.48. The van der Waals surface area contributed by atoms with E-state index in [1.807, 2.05) is 0 Å². The lowest BCUT2D eigenvalue weighted by Gasteiger charge is -2.24. The van der Waals surface area contributed by atoms with Crippen LogP contribution in [0.25, 0.3) is 0 Å². The highest BCUT2D eigenvalue weighted by Gasteiger charge is 2.21. The molecule has 1 atom stereocenters. The molecule has 1 nitrogen and oxygen atoms in total. The molecule has 0 aliphatic heterocycles. The number of rotatable bonds is 4. The summed E-state index contributed by atoms with van der Waals surface area (Å²) in [5.41, 5.74) is 0. The van der Waals surface area contributed by atoms with Gasteiger partial charge in [-0.2, -0.15) is 0 Å². The molecule has 0 saturated heterocycles. The third-order valence-corrected chi connectivity index (χ3v) is 2.54. The molecule has 3 N–H and O–H groups in total. The zero-order valence-corrected chi connectivity index (χ0v) is 9.04. The van der Waals surface area contributed by atoms with E-state index >= 15 is 0 Å². The van der Waals surface area contributed by atoms with Gasteiger partial charge in [0, 0.05) is 4.87 Å². The molecule has 0 spiro atoms. The first-order valence-corrected chi connectivity index (χ1v) is 4.55. The van der Waals surface area contributed by atoms with Gasteiger partial charge in [-0.3, -0.25) is 0 Å². The summed E-state index contributed by atoms with van der Waals surface area (Å²) in [5, 5.41) is 0. The van der Waals surface area contributed by atoms with Crippen LogP contribution >= 0.6 is 11.6 Å². The van der Waals surface area contributed by atoms with E-state index in [2.05, 4.69) is 27.7 Å². The highest BCUT2D eigenvalue weighted by molar-refractivity contribution is 6.23. The fourth-order valence-corrected chi connectivity index (χ4v) is 0.963. The first-order valence-electron chi connectivity index (χ1n) is 4.17. The zero-order valence-electron chi connectivity index (χ0n) is 8.28. The molecular formula is C9H22ClN. The van der Waals surface area contributed by atoms with Gasteiger partial charge in [-0.1, -0.05) is 26.7 Å². The molecule has 0 aromatic rings. The zero-order chi connectivity index (χ0) is 8.20. The van der Waals surface area contributed by atoms with Crippen LogP contribution in [0.2, 0.25) is 0 Å². The molecule has 0 aliphatic rings. The van der Waals surface area contributed by atoms with E-state index in [1.165, 1.54) is 19.3 Å². The van der Waals surface area contributed by atoms with E-state index in [-0.39, 0.29) is 11.0 Å². The molecule has 0 fully saturated rings. The lowest BCUT2D eigenvalue weighted by atomic mass is 9.92. The van der Waals surface area contributed by atoms with Gasteiger partial charge in [0.2, 0.25) is 0 Å². The van der Waals surface area contributed by atoms with Gasteiger partial charge in [0.1, 0.15) is 0 Å². The van der Waals surface area contributed by atoms with Crippen molar-refractivity contribution >= 4 is 11.6 Å². The Morgan fingerprint density at radius 3 is 2.09 bits per heavy atom. The summed E-state index contributed by atoms with van der Waals surface area (Å²) >= 11 is 6.12. The van der Waals surface area contributed by atoms with Crippen LogP contribution in [-0.4, -0.2) is 4.87 Å². The average Bonchev–Trinajstić information content (AvgIpc) is 1.80. The highest BCUT2D eigenvalue weighted by atomic mass is 35.5. The third-order valence-electron chi connectivity index (χ3n) is 2.16. The highest BCUT2D eigenvalue weighted by Crippen LogP contribution is 2.27. The van der Waals surface area contributed by atoms with Crippen LogP contribution in [0.3, 0.4) is 0 Å². The minimum atomic E-state index is -0.0187. The molecule has 2 heteroatoms. The fraction of sp³-hybridized carbons (Fsp3) is 1.00. The van der Waals surface area contributed by atoms with E-state index in [4.69, 9.17) is 11.6 Å². The van der Waals surface area contributed by atoms with Crippen LogP contribution in [0.15, 0.2) is 0 Å². The van der Waals surface area contributed by atoms with Gasteiger partial charge in [0.15, 0.2) is 0 Å². The summed E-state index contributed by atoms with van der Waals surface area (Å²) in [7, 11) is 0. The molecule has 0 saturated carbocycles. The molecule has 0 aromatic carbocycles. The molecule has 11 heavy (non-hydrogen) atoms. The maximum atomic E-state index is 6.12. The minimum Gasteiger partial charge on any atom is -0.344 e. The second-order valence-electron chi connectivity index (χ2n) is 3.61. The summed E-state index contributed by atoms with van der Waals surface area (Å²) in [4.78, 5) is -0.0187. The summed E-state index contributed by atoms with van der Waals surface area (Å²) in [6, 6.07) is 0. The fourth-order valence-electron chi connectivity index (χ4n) is 0.854. The van der Waals surface area contributed by atoms with E-state index < -0.39 is 0 Å². The van der Waals surface area contributed by atoms with Crippen molar-refractivity contribution in [3.05, 3.63) is 0 Å². The second kappa shape index (κ2) is 5.84.